The van der Waals surface area contributed by atoms with E-state index in [-0.39, 0.29) is 11.1 Å². The fraction of sp³-hybridized carbons (Fsp3) is 0.600. The van der Waals surface area contributed by atoms with E-state index >= 15 is 0 Å². The topological polar surface area (TPSA) is 36.4 Å². The number of amides is 1. The summed E-state index contributed by atoms with van der Waals surface area (Å²) < 4.78 is 0.780. The third kappa shape index (κ3) is 3.41. The van der Waals surface area contributed by atoms with E-state index < -0.39 is 0 Å². The van der Waals surface area contributed by atoms with Crippen LogP contribution in [-0.2, 0) is 0 Å². The van der Waals surface area contributed by atoms with Crippen LogP contribution in [0.4, 0.5) is 0 Å². The van der Waals surface area contributed by atoms with Crippen LogP contribution >= 0.6 is 27.5 Å². The Morgan fingerprint density at radius 2 is 1.90 bits per heavy atom. The highest BCUT2D eigenvalue weighted by molar-refractivity contribution is 9.10. The standard InChI is InChI=1S/C15H19BrClN3O/c16-11-9-13(14(17)18-10-11)15(21)20-7-3-12(4-8-20)19-5-1-2-6-19/h9-10,12H,1-8H2. The van der Waals surface area contributed by atoms with Crippen molar-refractivity contribution in [3.8, 4) is 0 Å². The van der Waals surface area contributed by atoms with Crippen molar-refractivity contribution in [3.05, 3.63) is 27.5 Å². The summed E-state index contributed by atoms with van der Waals surface area (Å²) >= 11 is 9.40. The fourth-order valence-corrected chi connectivity index (χ4v) is 3.80. The van der Waals surface area contributed by atoms with Crippen LogP contribution in [0.5, 0.6) is 0 Å². The van der Waals surface area contributed by atoms with Crippen LogP contribution in [-0.4, -0.2) is 52.9 Å². The molecule has 0 aromatic carbocycles. The van der Waals surface area contributed by atoms with Crippen LogP contribution in [0.1, 0.15) is 36.0 Å². The Labute approximate surface area is 138 Å². The van der Waals surface area contributed by atoms with Crippen molar-refractivity contribution in [1.29, 1.82) is 0 Å². The van der Waals surface area contributed by atoms with Gasteiger partial charge in [0.1, 0.15) is 5.15 Å². The lowest BCUT2D eigenvalue weighted by molar-refractivity contribution is 0.0644. The van der Waals surface area contributed by atoms with E-state index in [1.807, 2.05) is 4.90 Å². The molecule has 0 spiro atoms. The second kappa shape index (κ2) is 6.63. The number of likely N-dealkylation sites (tertiary alicyclic amines) is 2. The first-order chi connectivity index (χ1) is 10.1. The van der Waals surface area contributed by atoms with E-state index in [0.717, 1.165) is 30.4 Å². The van der Waals surface area contributed by atoms with Crippen molar-refractivity contribution in [2.45, 2.75) is 31.7 Å². The smallest absolute Gasteiger partial charge is 0.257 e. The highest BCUT2D eigenvalue weighted by atomic mass is 79.9. The van der Waals surface area contributed by atoms with Gasteiger partial charge in [-0.15, -0.1) is 0 Å². The molecule has 3 heterocycles. The molecule has 1 aromatic rings. The normalized spacial score (nSPS) is 21.0. The molecule has 3 rings (SSSR count). The van der Waals surface area contributed by atoms with Crippen molar-refractivity contribution < 1.29 is 4.79 Å². The summed E-state index contributed by atoms with van der Waals surface area (Å²) in [4.78, 5) is 21.1. The second-order valence-electron chi connectivity index (χ2n) is 5.76. The molecule has 0 bridgehead atoms. The number of hydrogen-bond acceptors (Lipinski definition) is 3. The Bertz CT molecular complexity index is 526. The lowest BCUT2D eigenvalue weighted by atomic mass is 10.0. The van der Waals surface area contributed by atoms with Gasteiger partial charge in [0.05, 0.1) is 5.56 Å². The summed E-state index contributed by atoms with van der Waals surface area (Å²) in [5.41, 5.74) is 0.491. The number of pyridine rings is 1. The number of carbonyl (C=O) groups is 1. The molecule has 0 unspecified atom stereocenters. The monoisotopic (exact) mass is 371 g/mol. The largest absolute Gasteiger partial charge is 0.338 e. The third-order valence-corrected chi connectivity index (χ3v) is 5.18. The minimum atomic E-state index is -0.00586. The number of rotatable bonds is 2. The summed E-state index contributed by atoms with van der Waals surface area (Å²) in [5.74, 6) is -0.00586. The molecule has 0 aliphatic carbocycles. The summed E-state index contributed by atoms with van der Waals surface area (Å²) in [6.07, 6.45) is 6.37. The number of carbonyl (C=O) groups excluding carboxylic acids is 1. The number of aromatic nitrogens is 1. The highest BCUT2D eigenvalue weighted by Gasteiger charge is 2.29. The van der Waals surface area contributed by atoms with Gasteiger partial charge >= 0.3 is 0 Å². The fourth-order valence-electron chi connectivity index (χ4n) is 3.28. The molecular weight excluding hydrogens is 354 g/mol. The van der Waals surface area contributed by atoms with E-state index in [2.05, 4.69) is 25.8 Å². The van der Waals surface area contributed by atoms with Gasteiger partial charge in [-0.1, -0.05) is 11.6 Å². The van der Waals surface area contributed by atoms with Crippen molar-refractivity contribution >= 4 is 33.4 Å². The molecule has 0 saturated carbocycles. The van der Waals surface area contributed by atoms with E-state index in [1.165, 1.54) is 25.9 Å². The zero-order valence-corrected chi connectivity index (χ0v) is 14.2. The van der Waals surface area contributed by atoms with Crippen LogP contribution < -0.4 is 0 Å². The van der Waals surface area contributed by atoms with Crippen LogP contribution in [0.25, 0.3) is 0 Å². The minimum absolute atomic E-state index is 0.00586. The van der Waals surface area contributed by atoms with Gasteiger partial charge in [0, 0.05) is 29.8 Å². The minimum Gasteiger partial charge on any atom is -0.338 e. The molecule has 4 nitrogen and oxygen atoms in total. The molecule has 21 heavy (non-hydrogen) atoms. The molecule has 2 saturated heterocycles. The summed E-state index contributed by atoms with van der Waals surface area (Å²) in [6.45, 7) is 4.06. The van der Waals surface area contributed by atoms with Crippen LogP contribution in [0.2, 0.25) is 5.15 Å². The van der Waals surface area contributed by atoms with Crippen LogP contribution in [0.15, 0.2) is 16.7 Å². The van der Waals surface area contributed by atoms with Gasteiger partial charge in [0.15, 0.2) is 0 Å². The van der Waals surface area contributed by atoms with Gasteiger partial charge in [0.25, 0.3) is 5.91 Å². The number of hydrogen-bond donors (Lipinski definition) is 0. The van der Waals surface area contributed by atoms with Gasteiger partial charge in [-0.25, -0.2) is 4.98 Å². The zero-order chi connectivity index (χ0) is 14.8. The maximum atomic E-state index is 12.6. The number of piperidine rings is 1. The molecule has 0 radical (unpaired) electrons. The van der Waals surface area contributed by atoms with Crippen LogP contribution in [0, 0.1) is 0 Å². The van der Waals surface area contributed by atoms with Crippen molar-refractivity contribution in [1.82, 2.24) is 14.8 Å². The quantitative estimate of drug-likeness (QED) is 0.748. The van der Waals surface area contributed by atoms with Crippen molar-refractivity contribution in [2.24, 2.45) is 0 Å². The van der Waals surface area contributed by atoms with Crippen molar-refractivity contribution in [3.63, 3.8) is 0 Å². The lowest BCUT2D eigenvalue weighted by Crippen LogP contribution is -2.46. The summed E-state index contributed by atoms with van der Waals surface area (Å²) in [5, 5.41) is 0.282. The van der Waals surface area contributed by atoms with E-state index in [0.29, 0.717) is 11.6 Å². The molecule has 0 atom stereocenters. The molecule has 6 heteroatoms. The van der Waals surface area contributed by atoms with Gasteiger partial charge in [-0.2, -0.15) is 0 Å². The Morgan fingerprint density at radius 1 is 1.24 bits per heavy atom. The molecule has 114 valence electrons. The Balaban J connectivity index is 1.63. The average molecular weight is 373 g/mol. The average Bonchev–Trinajstić information content (AvgIpc) is 3.03. The third-order valence-electron chi connectivity index (χ3n) is 4.44. The molecule has 1 amide bonds. The lowest BCUT2D eigenvalue weighted by Gasteiger charge is -2.36. The summed E-state index contributed by atoms with van der Waals surface area (Å²) in [6, 6.07) is 2.40. The maximum absolute atomic E-state index is 12.6. The van der Waals surface area contributed by atoms with Gasteiger partial charge in [-0.3, -0.25) is 4.79 Å². The molecule has 2 fully saturated rings. The van der Waals surface area contributed by atoms with E-state index in [9.17, 15) is 4.79 Å². The van der Waals surface area contributed by atoms with Gasteiger partial charge < -0.3 is 9.80 Å². The van der Waals surface area contributed by atoms with E-state index in [4.69, 9.17) is 11.6 Å². The molecular formula is C15H19BrClN3O. The molecule has 2 aliphatic heterocycles. The van der Waals surface area contributed by atoms with Crippen LogP contribution in [0.3, 0.4) is 0 Å². The number of nitrogens with zero attached hydrogens (tertiary/aromatic N) is 3. The zero-order valence-electron chi connectivity index (χ0n) is 11.9. The summed E-state index contributed by atoms with van der Waals surface area (Å²) in [7, 11) is 0. The first-order valence-electron chi connectivity index (χ1n) is 7.49. The second-order valence-corrected chi connectivity index (χ2v) is 7.03. The number of halogens is 2. The molecule has 2 aliphatic rings. The maximum Gasteiger partial charge on any atom is 0.257 e. The Kier molecular flexibility index (Phi) is 4.82. The first-order valence-corrected chi connectivity index (χ1v) is 8.66. The molecule has 1 aromatic heterocycles. The van der Waals surface area contributed by atoms with Gasteiger partial charge in [-0.05, 0) is 60.8 Å². The Hall–Kier alpha value is -0.650. The van der Waals surface area contributed by atoms with Crippen molar-refractivity contribution in [2.75, 3.05) is 26.2 Å². The predicted molar refractivity (Wildman–Crippen MR) is 86.7 cm³/mol. The highest BCUT2D eigenvalue weighted by Crippen LogP contribution is 2.24. The SMILES string of the molecule is O=C(c1cc(Br)cnc1Cl)N1CCC(N2CCCC2)CC1. The van der Waals surface area contributed by atoms with Gasteiger partial charge in [0.2, 0.25) is 0 Å². The Morgan fingerprint density at radius 3 is 2.57 bits per heavy atom. The van der Waals surface area contributed by atoms with E-state index in [1.54, 1.807) is 12.3 Å². The molecule has 0 N–H and O–H groups in total. The predicted octanol–water partition coefficient (Wildman–Crippen LogP) is 3.20. The first kappa shape index (κ1) is 15.3.